The number of halogens is 1. The van der Waals surface area contributed by atoms with Crippen LogP contribution in [0.5, 0.6) is 0 Å². The molecule has 3 nitrogen and oxygen atoms in total. The van der Waals surface area contributed by atoms with Crippen molar-refractivity contribution in [2.45, 2.75) is 0 Å². The van der Waals surface area contributed by atoms with Crippen LogP contribution >= 0.6 is 0 Å². The number of benzene rings is 1. The molecule has 0 aliphatic carbocycles. The quantitative estimate of drug-likeness (QED) is 0.425. The molecule has 0 amide bonds. The highest BCUT2D eigenvalue weighted by Gasteiger charge is 1.89. The van der Waals surface area contributed by atoms with E-state index in [1.807, 2.05) is 0 Å². The molecule has 0 aliphatic heterocycles. The number of rotatable bonds is 8. The van der Waals surface area contributed by atoms with Gasteiger partial charge < -0.3 is 10.1 Å². The second-order valence-electron chi connectivity index (χ2n) is 3.37. The molecular formula is C13H17FN2O. The highest BCUT2D eigenvalue weighted by Crippen LogP contribution is 1.99. The van der Waals surface area contributed by atoms with Crippen molar-refractivity contribution < 1.29 is 9.13 Å². The lowest BCUT2D eigenvalue weighted by Gasteiger charge is -2.01. The summed E-state index contributed by atoms with van der Waals surface area (Å²) in [5.41, 5.74) is 0.904. The Morgan fingerprint density at radius 1 is 1.29 bits per heavy atom. The first kappa shape index (κ1) is 13.4. The van der Waals surface area contributed by atoms with Gasteiger partial charge in [0.15, 0.2) is 0 Å². The number of nitrogens with one attached hydrogen (secondary N) is 1. The smallest absolute Gasteiger partial charge is 0.123 e. The zero-order chi connectivity index (χ0) is 12.3. The van der Waals surface area contributed by atoms with Gasteiger partial charge in [0, 0.05) is 19.3 Å². The minimum atomic E-state index is -0.231. The Morgan fingerprint density at radius 3 is 2.76 bits per heavy atom. The molecular weight excluding hydrogens is 219 g/mol. The second kappa shape index (κ2) is 8.47. The summed E-state index contributed by atoms with van der Waals surface area (Å²) >= 11 is 0. The van der Waals surface area contributed by atoms with E-state index in [-0.39, 0.29) is 5.82 Å². The molecule has 0 saturated carbocycles. The number of ether oxygens (including phenoxy) is 1. The summed E-state index contributed by atoms with van der Waals surface area (Å²) in [6, 6.07) is 6.24. The van der Waals surface area contributed by atoms with Gasteiger partial charge in [-0.1, -0.05) is 18.7 Å². The Hall–Kier alpha value is -1.68. The van der Waals surface area contributed by atoms with E-state index in [0.29, 0.717) is 13.2 Å². The fourth-order valence-corrected chi connectivity index (χ4v) is 1.20. The Kier molecular flexibility index (Phi) is 6.67. The van der Waals surface area contributed by atoms with E-state index < -0.39 is 0 Å². The maximum absolute atomic E-state index is 12.6. The van der Waals surface area contributed by atoms with Crippen LogP contribution in [-0.2, 0) is 4.74 Å². The molecule has 0 aliphatic rings. The number of hydrogen-bond donors (Lipinski definition) is 1. The molecule has 0 bridgehead atoms. The van der Waals surface area contributed by atoms with Gasteiger partial charge in [0.05, 0.1) is 19.4 Å². The first-order valence-corrected chi connectivity index (χ1v) is 5.51. The first-order valence-electron chi connectivity index (χ1n) is 5.51. The lowest BCUT2D eigenvalue weighted by molar-refractivity contribution is 0.251. The number of nitrogens with zero attached hydrogens (tertiary/aromatic N) is 1. The summed E-state index contributed by atoms with van der Waals surface area (Å²) in [7, 11) is 0. The molecule has 0 heterocycles. The third-order valence-corrected chi connectivity index (χ3v) is 2.04. The molecule has 0 atom stereocenters. The van der Waals surface area contributed by atoms with Crippen molar-refractivity contribution in [2.75, 3.05) is 26.2 Å². The SMILES string of the molecule is C=COCCNCCN=Cc1ccc(F)cc1. The lowest BCUT2D eigenvalue weighted by atomic mass is 10.2. The Bertz CT molecular complexity index is 349. The maximum atomic E-state index is 12.6. The Morgan fingerprint density at radius 2 is 2.06 bits per heavy atom. The first-order chi connectivity index (χ1) is 8.33. The molecule has 0 saturated heterocycles. The molecule has 4 heteroatoms. The van der Waals surface area contributed by atoms with Gasteiger partial charge in [0.1, 0.15) is 5.82 Å². The van der Waals surface area contributed by atoms with Crippen LogP contribution in [0.3, 0.4) is 0 Å². The fraction of sp³-hybridized carbons (Fsp3) is 0.308. The fourth-order valence-electron chi connectivity index (χ4n) is 1.20. The topological polar surface area (TPSA) is 33.6 Å². The number of aliphatic imine (C=N–C) groups is 1. The largest absolute Gasteiger partial charge is 0.500 e. The van der Waals surface area contributed by atoms with Crippen LogP contribution in [0.2, 0.25) is 0 Å². The summed E-state index contributed by atoms with van der Waals surface area (Å²) in [6.45, 7) is 6.32. The minimum absolute atomic E-state index is 0.231. The Balaban J connectivity index is 2.09. The zero-order valence-corrected chi connectivity index (χ0v) is 9.73. The van der Waals surface area contributed by atoms with Crippen molar-refractivity contribution >= 4 is 6.21 Å². The molecule has 0 unspecified atom stereocenters. The van der Waals surface area contributed by atoms with Crippen molar-refractivity contribution in [1.29, 1.82) is 0 Å². The summed E-state index contributed by atoms with van der Waals surface area (Å²) in [5, 5.41) is 3.17. The van der Waals surface area contributed by atoms with E-state index in [1.165, 1.54) is 18.4 Å². The van der Waals surface area contributed by atoms with Gasteiger partial charge in [0.25, 0.3) is 0 Å². The predicted molar refractivity (Wildman–Crippen MR) is 67.9 cm³/mol. The average Bonchev–Trinajstić information content (AvgIpc) is 2.35. The summed E-state index contributed by atoms with van der Waals surface area (Å²) < 4.78 is 17.6. The number of hydrogen-bond acceptors (Lipinski definition) is 3. The molecule has 1 aromatic rings. The lowest BCUT2D eigenvalue weighted by Crippen LogP contribution is -2.21. The van der Waals surface area contributed by atoms with E-state index in [1.54, 1.807) is 18.3 Å². The molecule has 92 valence electrons. The summed E-state index contributed by atoms with van der Waals surface area (Å²) in [5.74, 6) is -0.231. The van der Waals surface area contributed by atoms with E-state index in [9.17, 15) is 4.39 Å². The van der Waals surface area contributed by atoms with Gasteiger partial charge in [-0.05, 0) is 17.7 Å². The molecule has 1 N–H and O–H groups in total. The third-order valence-electron chi connectivity index (χ3n) is 2.04. The highest BCUT2D eigenvalue weighted by molar-refractivity contribution is 5.79. The van der Waals surface area contributed by atoms with Crippen LogP contribution in [0, 0.1) is 5.82 Å². The second-order valence-corrected chi connectivity index (χ2v) is 3.37. The summed E-state index contributed by atoms with van der Waals surface area (Å²) in [4.78, 5) is 4.22. The van der Waals surface area contributed by atoms with Crippen molar-refractivity contribution in [3.8, 4) is 0 Å². The maximum Gasteiger partial charge on any atom is 0.123 e. The van der Waals surface area contributed by atoms with Gasteiger partial charge in [-0.15, -0.1) is 0 Å². The van der Waals surface area contributed by atoms with E-state index in [4.69, 9.17) is 4.74 Å². The van der Waals surface area contributed by atoms with Crippen LogP contribution in [0.4, 0.5) is 4.39 Å². The summed E-state index contributed by atoms with van der Waals surface area (Å²) in [6.07, 6.45) is 3.16. The van der Waals surface area contributed by atoms with E-state index in [2.05, 4.69) is 16.9 Å². The van der Waals surface area contributed by atoms with Crippen LogP contribution in [0.1, 0.15) is 5.56 Å². The van der Waals surface area contributed by atoms with Crippen LogP contribution in [0.15, 0.2) is 42.1 Å². The Labute approximate surface area is 101 Å². The van der Waals surface area contributed by atoms with Crippen molar-refractivity contribution in [2.24, 2.45) is 4.99 Å². The molecule has 0 spiro atoms. The molecule has 0 aromatic heterocycles. The van der Waals surface area contributed by atoms with Crippen LogP contribution < -0.4 is 5.32 Å². The van der Waals surface area contributed by atoms with Gasteiger partial charge >= 0.3 is 0 Å². The highest BCUT2D eigenvalue weighted by atomic mass is 19.1. The van der Waals surface area contributed by atoms with Gasteiger partial charge in [-0.3, -0.25) is 4.99 Å². The van der Waals surface area contributed by atoms with Gasteiger partial charge in [0.2, 0.25) is 0 Å². The molecule has 1 rings (SSSR count). The van der Waals surface area contributed by atoms with Crippen molar-refractivity contribution in [3.63, 3.8) is 0 Å². The zero-order valence-electron chi connectivity index (χ0n) is 9.73. The van der Waals surface area contributed by atoms with Crippen LogP contribution in [-0.4, -0.2) is 32.5 Å². The van der Waals surface area contributed by atoms with Crippen molar-refractivity contribution in [3.05, 3.63) is 48.5 Å². The molecule has 0 fully saturated rings. The van der Waals surface area contributed by atoms with Crippen molar-refractivity contribution in [1.82, 2.24) is 5.32 Å². The van der Waals surface area contributed by atoms with E-state index >= 15 is 0 Å². The predicted octanol–water partition coefficient (Wildman–Crippen LogP) is 1.99. The monoisotopic (exact) mass is 236 g/mol. The third kappa shape index (κ3) is 6.48. The standard InChI is InChI=1S/C13H17FN2O/c1-2-17-10-9-15-7-8-16-11-12-3-5-13(14)6-4-12/h2-6,11,15H,1,7-10H2. The van der Waals surface area contributed by atoms with Crippen LogP contribution in [0.25, 0.3) is 0 Å². The van der Waals surface area contributed by atoms with Gasteiger partial charge in [-0.25, -0.2) is 4.39 Å². The van der Waals surface area contributed by atoms with Gasteiger partial charge in [-0.2, -0.15) is 0 Å². The molecule has 0 radical (unpaired) electrons. The normalized spacial score (nSPS) is 10.6. The van der Waals surface area contributed by atoms with E-state index in [0.717, 1.165) is 18.7 Å². The molecule has 17 heavy (non-hydrogen) atoms. The minimum Gasteiger partial charge on any atom is -0.500 e. The average molecular weight is 236 g/mol. The molecule has 1 aromatic carbocycles.